The van der Waals surface area contributed by atoms with Gasteiger partial charge in [0, 0.05) is 29.8 Å². The predicted octanol–water partition coefficient (Wildman–Crippen LogP) is 3.89. The molecule has 0 radical (unpaired) electrons. The molecule has 0 unspecified atom stereocenters. The predicted molar refractivity (Wildman–Crippen MR) is 76.6 cm³/mol. The van der Waals surface area contributed by atoms with Crippen LogP contribution in [0.3, 0.4) is 0 Å². The Morgan fingerprint density at radius 1 is 1.00 bits per heavy atom. The smallest absolute Gasteiger partial charge is 0.289 e. The van der Waals surface area contributed by atoms with Gasteiger partial charge in [-0.15, -0.1) is 0 Å². The third-order valence-corrected chi connectivity index (χ3v) is 3.12. The quantitative estimate of drug-likeness (QED) is 0.843. The molecule has 0 saturated carbocycles. The van der Waals surface area contributed by atoms with Crippen LogP contribution >= 0.6 is 0 Å². The van der Waals surface area contributed by atoms with Crippen molar-refractivity contribution in [1.82, 2.24) is 4.90 Å². The van der Waals surface area contributed by atoms with Crippen LogP contribution in [0, 0.1) is 4.91 Å². The molecular weight excluding hydrogens is 240 g/mol. The van der Waals surface area contributed by atoms with Gasteiger partial charge in [-0.2, -0.15) is 0 Å². The average Bonchev–Trinajstić information content (AvgIpc) is 2.23. The van der Waals surface area contributed by atoms with Crippen LogP contribution in [0.15, 0.2) is 24.3 Å². The van der Waals surface area contributed by atoms with Crippen molar-refractivity contribution in [2.75, 3.05) is 0 Å². The van der Waals surface area contributed by atoms with Crippen molar-refractivity contribution < 1.29 is 10.1 Å². The van der Waals surface area contributed by atoms with Crippen LogP contribution < -0.4 is 0 Å². The molecule has 0 heterocycles. The first-order valence-electron chi connectivity index (χ1n) is 6.54. The molecule has 0 spiro atoms. The van der Waals surface area contributed by atoms with Gasteiger partial charge in [0.1, 0.15) is 0 Å². The fraction of sp³-hybridized carbons (Fsp3) is 0.600. The molecule has 1 aromatic rings. The Morgan fingerprint density at radius 3 is 1.74 bits per heavy atom. The molecule has 1 rings (SSSR count). The van der Waals surface area contributed by atoms with Crippen molar-refractivity contribution in [3.8, 4) is 0 Å². The van der Waals surface area contributed by atoms with Crippen molar-refractivity contribution in [2.24, 2.45) is 0 Å². The van der Waals surface area contributed by atoms with Crippen LogP contribution in [0.2, 0.25) is 0 Å². The van der Waals surface area contributed by atoms with E-state index in [1.165, 1.54) is 0 Å². The number of hydrogen-bond donors (Lipinski definition) is 1. The van der Waals surface area contributed by atoms with Crippen molar-refractivity contribution >= 4 is 5.69 Å². The molecular formula is C15H25N2O2+. The van der Waals surface area contributed by atoms with E-state index in [0.29, 0.717) is 0 Å². The summed E-state index contributed by atoms with van der Waals surface area (Å²) in [6.07, 6.45) is 0. The van der Waals surface area contributed by atoms with Gasteiger partial charge in [0.25, 0.3) is 4.92 Å². The summed E-state index contributed by atoms with van der Waals surface area (Å²) in [7, 11) is 0. The van der Waals surface area contributed by atoms with E-state index in [0.717, 1.165) is 12.1 Å². The fourth-order valence-electron chi connectivity index (χ4n) is 2.39. The minimum atomic E-state index is -0.116. The van der Waals surface area contributed by atoms with E-state index in [2.05, 4.69) is 46.4 Å². The maximum atomic E-state index is 10.8. The number of nitrogens with zero attached hydrogens (tertiary/aromatic N) is 2. The third-order valence-electron chi connectivity index (χ3n) is 3.12. The molecule has 0 aliphatic heterocycles. The Hall–Kier alpha value is -1.42. The Morgan fingerprint density at radius 2 is 1.42 bits per heavy atom. The van der Waals surface area contributed by atoms with Gasteiger partial charge in [-0.1, -0.05) is 12.1 Å². The van der Waals surface area contributed by atoms with Crippen LogP contribution in [0.25, 0.3) is 0 Å². The summed E-state index contributed by atoms with van der Waals surface area (Å²) in [5, 5.41) is 8.82. The maximum Gasteiger partial charge on any atom is 0.316 e. The Labute approximate surface area is 115 Å². The molecule has 0 atom stereocenters. The molecule has 106 valence electrons. The second kappa shape index (κ2) is 5.29. The van der Waals surface area contributed by atoms with E-state index >= 15 is 0 Å². The first kappa shape index (κ1) is 15.6. The lowest BCUT2D eigenvalue weighted by molar-refractivity contribution is -0.729. The topological polar surface area (TPSA) is 43.5 Å². The molecule has 19 heavy (non-hydrogen) atoms. The van der Waals surface area contributed by atoms with Gasteiger partial charge in [0.05, 0.1) is 4.91 Å². The largest absolute Gasteiger partial charge is 0.316 e. The summed E-state index contributed by atoms with van der Waals surface area (Å²) in [5.41, 5.74) is 1.48. The lowest BCUT2D eigenvalue weighted by atomic mass is 9.95. The number of benzene rings is 1. The summed E-state index contributed by atoms with van der Waals surface area (Å²) in [4.78, 5) is 13.0. The molecule has 0 aliphatic rings. The number of hydrogen-bond acceptors (Lipinski definition) is 2. The van der Waals surface area contributed by atoms with Gasteiger partial charge in [-0.05, 0) is 47.1 Å². The summed E-state index contributed by atoms with van der Waals surface area (Å²) in [6.45, 7) is 14.0. The Balaban J connectivity index is 2.95. The molecule has 4 heteroatoms. The minimum absolute atomic E-state index is 0.0540. The molecule has 1 N–H and O–H groups in total. The summed E-state index contributed by atoms with van der Waals surface area (Å²) < 4.78 is 0. The zero-order valence-electron chi connectivity index (χ0n) is 12.8. The SMILES string of the molecule is CC(C)(C)N(Cc1ccc([N+](=O)O)cc1)C(C)(C)C. The van der Waals surface area contributed by atoms with Crippen LogP contribution in [0.5, 0.6) is 0 Å². The van der Waals surface area contributed by atoms with Crippen LogP contribution in [0.1, 0.15) is 47.1 Å². The summed E-state index contributed by atoms with van der Waals surface area (Å²) >= 11 is 0. The number of rotatable bonds is 3. The van der Waals surface area contributed by atoms with Crippen molar-refractivity contribution in [1.29, 1.82) is 0 Å². The van der Waals surface area contributed by atoms with Gasteiger partial charge in [-0.25, -0.2) is 5.21 Å². The molecule has 1 aromatic carbocycles. The van der Waals surface area contributed by atoms with Crippen molar-refractivity contribution in [3.05, 3.63) is 34.7 Å². The van der Waals surface area contributed by atoms with Crippen molar-refractivity contribution in [3.63, 3.8) is 0 Å². The van der Waals surface area contributed by atoms with Gasteiger partial charge >= 0.3 is 5.69 Å². The Bertz CT molecular complexity index is 425. The highest BCUT2D eigenvalue weighted by molar-refractivity contribution is 5.32. The van der Waals surface area contributed by atoms with Gasteiger partial charge in [-0.3, -0.25) is 4.90 Å². The first-order chi connectivity index (χ1) is 8.51. The summed E-state index contributed by atoms with van der Waals surface area (Å²) in [5.74, 6) is 0. The van der Waals surface area contributed by atoms with Crippen LogP contribution in [-0.4, -0.2) is 26.1 Å². The molecule has 0 bridgehead atoms. The molecule has 0 aromatic heterocycles. The van der Waals surface area contributed by atoms with E-state index in [4.69, 9.17) is 5.21 Å². The summed E-state index contributed by atoms with van der Waals surface area (Å²) in [6, 6.07) is 7.01. The highest BCUT2D eigenvalue weighted by Gasteiger charge is 2.31. The molecule has 0 amide bonds. The second-order valence-corrected chi connectivity index (χ2v) is 6.87. The first-order valence-corrected chi connectivity index (χ1v) is 6.54. The molecule has 0 saturated heterocycles. The van der Waals surface area contributed by atoms with E-state index in [9.17, 15) is 4.91 Å². The van der Waals surface area contributed by atoms with E-state index < -0.39 is 0 Å². The highest BCUT2D eigenvalue weighted by atomic mass is 16.6. The Kier molecular flexibility index (Phi) is 4.35. The molecule has 0 fully saturated rings. The second-order valence-electron chi connectivity index (χ2n) is 6.87. The zero-order valence-corrected chi connectivity index (χ0v) is 12.8. The van der Waals surface area contributed by atoms with Gasteiger partial charge in [0.15, 0.2) is 0 Å². The lowest BCUT2D eigenvalue weighted by Gasteiger charge is -2.45. The highest BCUT2D eigenvalue weighted by Crippen LogP contribution is 2.27. The van der Waals surface area contributed by atoms with E-state index in [-0.39, 0.29) is 21.7 Å². The molecule has 0 aliphatic carbocycles. The van der Waals surface area contributed by atoms with Crippen LogP contribution in [0.4, 0.5) is 5.69 Å². The van der Waals surface area contributed by atoms with Gasteiger partial charge in [0.2, 0.25) is 0 Å². The van der Waals surface area contributed by atoms with Crippen molar-refractivity contribution in [2.45, 2.75) is 59.2 Å². The monoisotopic (exact) mass is 265 g/mol. The van der Waals surface area contributed by atoms with E-state index in [1.807, 2.05) is 12.1 Å². The normalized spacial score (nSPS) is 12.8. The lowest BCUT2D eigenvalue weighted by Crippen LogP contribution is -2.51. The standard InChI is InChI=1S/C15H25N2O2/c1-14(2,3)16(15(4,5)6)11-12-7-9-13(10-8-12)17(18)19/h7-10H,11H2,1-6H3,(H,18,19)/q+1. The minimum Gasteiger partial charge on any atom is -0.289 e. The molecule has 4 nitrogen and oxygen atoms in total. The fourth-order valence-corrected chi connectivity index (χ4v) is 2.39. The van der Waals surface area contributed by atoms with Crippen LogP contribution in [-0.2, 0) is 6.54 Å². The maximum absolute atomic E-state index is 10.8. The average molecular weight is 265 g/mol. The van der Waals surface area contributed by atoms with Gasteiger partial charge < -0.3 is 0 Å². The third kappa shape index (κ3) is 4.31. The zero-order chi connectivity index (χ0) is 14.8. The van der Waals surface area contributed by atoms with E-state index in [1.54, 1.807) is 12.1 Å².